The topological polar surface area (TPSA) is 102 Å². The molecule has 7 nitrogen and oxygen atoms in total. The number of nitrogens with one attached hydrogen (secondary N) is 2. The summed E-state index contributed by atoms with van der Waals surface area (Å²) in [5.41, 5.74) is -0.834. The van der Waals surface area contributed by atoms with Crippen molar-refractivity contribution in [3.8, 4) is 6.07 Å². The van der Waals surface area contributed by atoms with Crippen LogP contribution < -0.4 is 10.6 Å². The van der Waals surface area contributed by atoms with Crippen LogP contribution >= 0.6 is 23.2 Å². The molecule has 3 aliphatic heterocycles. The van der Waals surface area contributed by atoms with E-state index in [2.05, 4.69) is 10.6 Å². The average molecular weight is 549 g/mol. The molecule has 1 aliphatic carbocycles. The van der Waals surface area contributed by atoms with E-state index in [4.69, 9.17) is 23.2 Å². The van der Waals surface area contributed by atoms with Crippen molar-refractivity contribution in [2.45, 2.75) is 62.1 Å². The van der Waals surface area contributed by atoms with E-state index in [9.17, 15) is 28.4 Å². The van der Waals surface area contributed by atoms with E-state index in [-0.39, 0.29) is 35.2 Å². The minimum atomic E-state index is -4.21. The SMILES string of the molecule is N#C[C@@H](C[C@@H]1CCNC1=O)NC(=O)[C@@H]1[C@H]2CC[C@H](CC2(F)F)N1C(=O)C(F)(F)c1cc(Cl)cc(Cl)c1. The van der Waals surface area contributed by atoms with Gasteiger partial charge >= 0.3 is 5.92 Å². The van der Waals surface area contributed by atoms with Gasteiger partial charge in [0.1, 0.15) is 12.1 Å². The first-order valence-electron chi connectivity index (χ1n) is 11.4. The number of hydrogen-bond acceptors (Lipinski definition) is 4. The standard InChI is InChI=1S/C23H22Cl2F4N4O3/c24-13-6-12(7-14(25)8-13)23(28,29)21(36)33-16-1-2-17(22(26,27)9-16)18(33)20(35)32-15(10-30)5-11-3-4-31-19(11)34/h6-8,11,15-18H,1-5,9H2,(H,31,34)(H,32,35)/t11-,15+,16+,17+,18-/m0/s1. The maximum Gasteiger partial charge on any atom is 0.350 e. The van der Waals surface area contributed by atoms with Gasteiger partial charge in [0.25, 0.3) is 11.8 Å². The second-order valence-corrected chi connectivity index (χ2v) is 10.3. The Morgan fingerprint density at radius 3 is 2.44 bits per heavy atom. The largest absolute Gasteiger partial charge is 0.356 e. The van der Waals surface area contributed by atoms with Crippen LogP contribution in [0.15, 0.2) is 18.2 Å². The van der Waals surface area contributed by atoms with Crippen LogP contribution in [0.2, 0.25) is 10.0 Å². The summed E-state index contributed by atoms with van der Waals surface area (Å²) in [4.78, 5) is 38.8. The van der Waals surface area contributed by atoms with Crippen LogP contribution in [0.1, 0.15) is 37.7 Å². The third-order valence-corrected chi connectivity index (χ3v) is 7.52. The van der Waals surface area contributed by atoms with Gasteiger partial charge in [-0.05, 0) is 43.9 Å². The van der Waals surface area contributed by atoms with E-state index in [1.165, 1.54) is 6.07 Å². The molecule has 0 aromatic heterocycles. The molecule has 2 bridgehead atoms. The van der Waals surface area contributed by atoms with Crippen molar-refractivity contribution in [2.75, 3.05) is 6.54 Å². The summed E-state index contributed by atoms with van der Waals surface area (Å²) < 4.78 is 60.4. The average Bonchev–Trinajstić information content (AvgIpc) is 3.20. The van der Waals surface area contributed by atoms with Crippen LogP contribution in [0.4, 0.5) is 17.6 Å². The Bertz CT molecular complexity index is 1110. The molecule has 3 saturated heterocycles. The van der Waals surface area contributed by atoms with Gasteiger partial charge in [0.15, 0.2) is 0 Å². The highest BCUT2D eigenvalue weighted by molar-refractivity contribution is 6.34. The summed E-state index contributed by atoms with van der Waals surface area (Å²) in [5, 5.41) is 14.1. The fraction of sp³-hybridized carbons (Fsp3) is 0.565. The summed E-state index contributed by atoms with van der Waals surface area (Å²) in [6.45, 7) is 0.402. The number of nitrogens with zero attached hydrogens (tertiary/aromatic N) is 2. The van der Waals surface area contributed by atoms with Gasteiger partial charge in [-0.25, -0.2) is 8.78 Å². The van der Waals surface area contributed by atoms with E-state index in [1.807, 2.05) is 6.07 Å². The maximum absolute atomic E-state index is 15.4. The first-order chi connectivity index (χ1) is 16.8. The van der Waals surface area contributed by atoms with Crippen LogP contribution in [0.5, 0.6) is 0 Å². The lowest BCUT2D eigenvalue weighted by Gasteiger charge is -2.54. The van der Waals surface area contributed by atoms with Crippen LogP contribution in [0.3, 0.4) is 0 Å². The Morgan fingerprint density at radius 1 is 1.22 bits per heavy atom. The van der Waals surface area contributed by atoms with E-state index >= 15 is 8.78 Å². The molecule has 5 atom stereocenters. The smallest absolute Gasteiger partial charge is 0.350 e. The van der Waals surface area contributed by atoms with Crippen LogP contribution in [-0.4, -0.2) is 53.2 Å². The third-order valence-electron chi connectivity index (χ3n) is 7.09. The van der Waals surface area contributed by atoms with Gasteiger partial charge in [0.05, 0.1) is 12.0 Å². The second-order valence-electron chi connectivity index (χ2n) is 9.40. The summed E-state index contributed by atoms with van der Waals surface area (Å²) in [6.07, 6.45) is -0.638. The molecule has 4 fully saturated rings. The van der Waals surface area contributed by atoms with Crippen molar-refractivity contribution in [2.24, 2.45) is 11.8 Å². The van der Waals surface area contributed by atoms with Crippen molar-refractivity contribution in [1.29, 1.82) is 5.26 Å². The number of benzene rings is 1. The lowest BCUT2D eigenvalue weighted by molar-refractivity contribution is -0.207. The Hall–Kier alpha value is -2.58. The lowest BCUT2D eigenvalue weighted by atomic mass is 9.71. The molecule has 3 amide bonds. The molecule has 0 spiro atoms. The van der Waals surface area contributed by atoms with Crippen molar-refractivity contribution in [3.05, 3.63) is 33.8 Å². The van der Waals surface area contributed by atoms with Gasteiger partial charge < -0.3 is 15.5 Å². The summed E-state index contributed by atoms with van der Waals surface area (Å²) >= 11 is 11.6. The number of nitriles is 1. The normalized spacial score (nSPS) is 27.8. The van der Waals surface area contributed by atoms with Gasteiger partial charge in [0.2, 0.25) is 11.8 Å². The first-order valence-corrected chi connectivity index (χ1v) is 12.1. The Labute approximate surface area is 214 Å². The Balaban J connectivity index is 1.63. The molecule has 1 aromatic rings. The van der Waals surface area contributed by atoms with Crippen molar-refractivity contribution < 1.29 is 31.9 Å². The summed E-state index contributed by atoms with van der Waals surface area (Å²) in [6, 6.07) is 0.232. The molecule has 3 heterocycles. The predicted octanol–water partition coefficient (Wildman–Crippen LogP) is 3.63. The van der Waals surface area contributed by atoms with E-state index < -0.39 is 65.6 Å². The van der Waals surface area contributed by atoms with Crippen molar-refractivity contribution in [3.63, 3.8) is 0 Å². The second kappa shape index (κ2) is 9.71. The fourth-order valence-corrected chi connectivity index (χ4v) is 5.90. The highest BCUT2D eigenvalue weighted by atomic mass is 35.5. The zero-order chi connectivity index (χ0) is 26.4. The van der Waals surface area contributed by atoms with E-state index in [0.717, 1.165) is 12.1 Å². The number of piperidine rings is 2. The molecule has 194 valence electrons. The number of fused-ring (bicyclic) bond motifs is 3. The molecule has 36 heavy (non-hydrogen) atoms. The molecular weight excluding hydrogens is 527 g/mol. The number of hydrogen-bond donors (Lipinski definition) is 2. The minimum absolute atomic E-state index is 0.0199. The Kier molecular flexibility index (Phi) is 7.14. The number of amides is 3. The van der Waals surface area contributed by atoms with Crippen molar-refractivity contribution in [1.82, 2.24) is 15.5 Å². The van der Waals surface area contributed by atoms with Gasteiger partial charge in [0, 0.05) is 40.5 Å². The molecule has 1 aromatic carbocycles. The first kappa shape index (κ1) is 26.5. The molecule has 1 saturated carbocycles. The monoisotopic (exact) mass is 548 g/mol. The summed E-state index contributed by atoms with van der Waals surface area (Å²) in [7, 11) is 0. The third kappa shape index (κ3) is 4.85. The van der Waals surface area contributed by atoms with Crippen LogP contribution in [-0.2, 0) is 20.3 Å². The molecule has 13 heteroatoms. The zero-order valence-electron chi connectivity index (χ0n) is 18.7. The number of halogens is 6. The van der Waals surface area contributed by atoms with Gasteiger partial charge in [-0.15, -0.1) is 0 Å². The fourth-order valence-electron chi connectivity index (χ4n) is 5.38. The van der Waals surface area contributed by atoms with Crippen molar-refractivity contribution >= 4 is 40.9 Å². The molecule has 2 N–H and O–H groups in total. The number of alkyl halides is 4. The highest BCUT2D eigenvalue weighted by Gasteiger charge is 2.63. The number of carbonyl (C=O) groups excluding carboxylic acids is 3. The number of rotatable bonds is 6. The lowest BCUT2D eigenvalue weighted by Crippen LogP contribution is -2.70. The van der Waals surface area contributed by atoms with E-state index in [0.29, 0.717) is 17.9 Å². The van der Waals surface area contributed by atoms with Gasteiger partial charge in [-0.3, -0.25) is 14.4 Å². The van der Waals surface area contributed by atoms with Crippen LogP contribution in [0, 0.1) is 23.2 Å². The predicted molar refractivity (Wildman–Crippen MR) is 120 cm³/mol. The molecule has 5 rings (SSSR count). The molecular formula is C23H22Cl2F4N4O3. The quantitative estimate of drug-likeness (QED) is 0.530. The minimum Gasteiger partial charge on any atom is -0.356 e. The maximum atomic E-state index is 15.4. The van der Waals surface area contributed by atoms with Crippen LogP contribution in [0.25, 0.3) is 0 Å². The Morgan fingerprint density at radius 2 is 1.89 bits per heavy atom. The van der Waals surface area contributed by atoms with Gasteiger partial charge in [-0.1, -0.05) is 23.2 Å². The van der Waals surface area contributed by atoms with E-state index in [1.54, 1.807) is 0 Å². The molecule has 0 unspecified atom stereocenters. The molecule has 0 radical (unpaired) electrons. The zero-order valence-corrected chi connectivity index (χ0v) is 20.3. The molecule has 4 aliphatic rings. The number of carbonyl (C=O) groups is 3. The van der Waals surface area contributed by atoms with Gasteiger partial charge in [-0.2, -0.15) is 14.0 Å². The highest BCUT2D eigenvalue weighted by Crippen LogP contribution is 2.50. The summed E-state index contributed by atoms with van der Waals surface area (Å²) in [5.74, 6) is -13.1.